The van der Waals surface area contributed by atoms with Crippen LogP contribution in [0.5, 0.6) is 5.75 Å². The van der Waals surface area contributed by atoms with Crippen LogP contribution in [0.25, 0.3) is 6.08 Å². The minimum atomic E-state index is -0.207. The third-order valence-corrected chi connectivity index (χ3v) is 3.29. The van der Waals surface area contributed by atoms with Crippen molar-refractivity contribution in [1.82, 2.24) is 0 Å². The predicted molar refractivity (Wildman–Crippen MR) is 77.9 cm³/mol. The minimum Gasteiger partial charge on any atom is -0.507 e. The van der Waals surface area contributed by atoms with Gasteiger partial charge in [0.05, 0.1) is 10.0 Å². The molecule has 0 unspecified atom stereocenters. The molecule has 0 aliphatic heterocycles. The number of allylic oxidation sites excluding steroid dienone is 1. The Hall–Kier alpha value is -1.77. The number of carbonyl (C=O) groups is 1. The van der Waals surface area contributed by atoms with E-state index in [0.717, 1.165) is 0 Å². The first kappa shape index (κ1) is 13.7. The maximum absolute atomic E-state index is 11.9. The summed E-state index contributed by atoms with van der Waals surface area (Å²) in [4.78, 5) is 11.9. The van der Waals surface area contributed by atoms with Crippen LogP contribution >= 0.6 is 23.2 Å². The molecule has 0 amide bonds. The Balaban J connectivity index is 2.21. The summed E-state index contributed by atoms with van der Waals surface area (Å²) in [6, 6.07) is 11.5. The van der Waals surface area contributed by atoms with Gasteiger partial charge in [-0.1, -0.05) is 41.4 Å². The van der Waals surface area contributed by atoms with E-state index in [1.165, 1.54) is 12.1 Å². The van der Waals surface area contributed by atoms with Crippen molar-refractivity contribution >= 4 is 35.1 Å². The first-order valence-corrected chi connectivity index (χ1v) is 6.29. The first-order valence-electron chi connectivity index (χ1n) is 5.53. The van der Waals surface area contributed by atoms with E-state index in [1.807, 2.05) is 0 Å². The second-order valence-electron chi connectivity index (χ2n) is 3.89. The van der Waals surface area contributed by atoms with Crippen LogP contribution in [0.2, 0.25) is 10.0 Å². The zero-order valence-electron chi connectivity index (χ0n) is 9.81. The van der Waals surface area contributed by atoms with Gasteiger partial charge in [-0.25, -0.2) is 0 Å². The Morgan fingerprint density at radius 3 is 2.47 bits per heavy atom. The molecule has 19 heavy (non-hydrogen) atoms. The van der Waals surface area contributed by atoms with Gasteiger partial charge in [-0.15, -0.1) is 0 Å². The molecule has 0 spiro atoms. The number of halogens is 2. The van der Waals surface area contributed by atoms with Crippen LogP contribution in [0.15, 0.2) is 48.5 Å². The third-order valence-electron chi connectivity index (χ3n) is 2.56. The maximum atomic E-state index is 11.9. The molecule has 0 atom stereocenters. The van der Waals surface area contributed by atoms with Gasteiger partial charge in [0, 0.05) is 11.1 Å². The molecule has 0 saturated carbocycles. The van der Waals surface area contributed by atoms with Gasteiger partial charge in [0.2, 0.25) is 0 Å². The molecule has 0 aromatic heterocycles. The lowest BCUT2D eigenvalue weighted by atomic mass is 10.1. The Morgan fingerprint density at radius 2 is 1.79 bits per heavy atom. The zero-order chi connectivity index (χ0) is 13.8. The third kappa shape index (κ3) is 3.37. The van der Waals surface area contributed by atoms with Gasteiger partial charge in [0.25, 0.3) is 0 Å². The van der Waals surface area contributed by atoms with E-state index in [0.29, 0.717) is 21.2 Å². The summed E-state index contributed by atoms with van der Waals surface area (Å²) in [6.07, 6.45) is 2.94. The van der Waals surface area contributed by atoms with Gasteiger partial charge >= 0.3 is 0 Å². The second kappa shape index (κ2) is 5.91. The molecule has 1 N–H and O–H groups in total. The molecule has 0 fully saturated rings. The van der Waals surface area contributed by atoms with Gasteiger partial charge in [0.15, 0.2) is 5.78 Å². The molecule has 96 valence electrons. The lowest BCUT2D eigenvalue weighted by Crippen LogP contribution is -1.93. The van der Waals surface area contributed by atoms with E-state index in [4.69, 9.17) is 23.2 Å². The van der Waals surface area contributed by atoms with Crippen molar-refractivity contribution in [1.29, 1.82) is 0 Å². The van der Waals surface area contributed by atoms with Crippen molar-refractivity contribution in [3.8, 4) is 5.75 Å². The average molecular weight is 293 g/mol. The van der Waals surface area contributed by atoms with E-state index >= 15 is 0 Å². The summed E-state index contributed by atoms with van der Waals surface area (Å²) in [5.41, 5.74) is 1.02. The van der Waals surface area contributed by atoms with Crippen molar-refractivity contribution < 1.29 is 9.90 Å². The van der Waals surface area contributed by atoms with Crippen molar-refractivity contribution in [2.75, 3.05) is 0 Å². The molecule has 0 aliphatic carbocycles. The molecule has 0 saturated heterocycles. The summed E-state index contributed by atoms with van der Waals surface area (Å²) in [7, 11) is 0. The van der Waals surface area contributed by atoms with Crippen LogP contribution in [-0.4, -0.2) is 10.9 Å². The van der Waals surface area contributed by atoms with Crippen LogP contribution in [0, 0.1) is 0 Å². The summed E-state index contributed by atoms with van der Waals surface area (Å²) in [5, 5.41) is 10.3. The van der Waals surface area contributed by atoms with Crippen LogP contribution in [0.3, 0.4) is 0 Å². The van der Waals surface area contributed by atoms with Crippen molar-refractivity contribution in [2.24, 2.45) is 0 Å². The number of hydrogen-bond donors (Lipinski definition) is 1. The van der Waals surface area contributed by atoms with E-state index < -0.39 is 0 Å². The number of carbonyl (C=O) groups excluding carboxylic acids is 1. The molecular formula is C15H10Cl2O2. The summed E-state index contributed by atoms with van der Waals surface area (Å²) in [5.74, 6) is -0.0810. The molecule has 4 heteroatoms. The van der Waals surface area contributed by atoms with Gasteiger partial charge in [-0.3, -0.25) is 4.79 Å². The van der Waals surface area contributed by atoms with Crippen LogP contribution in [0.1, 0.15) is 15.9 Å². The van der Waals surface area contributed by atoms with Crippen LogP contribution in [0.4, 0.5) is 0 Å². The number of ketones is 1. The summed E-state index contributed by atoms with van der Waals surface area (Å²) >= 11 is 11.6. The highest BCUT2D eigenvalue weighted by Gasteiger charge is 2.05. The predicted octanol–water partition coefficient (Wildman–Crippen LogP) is 4.60. The summed E-state index contributed by atoms with van der Waals surface area (Å²) in [6.45, 7) is 0. The van der Waals surface area contributed by atoms with Crippen molar-refractivity contribution in [2.45, 2.75) is 0 Å². The van der Waals surface area contributed by atoms with E-state index in [-0.39, 0.29) is 11.5 Å². The van der Waals surface area contributed by atoms with E-state index in [1.54, 1.807) is 42.5 Å². The quantitative estimate of drug-likeness (QED) is 0.663. The van der Waals surface area contributed by atoms with E-state index in [2.05, 4.69) is 0 Å². The second-order valence-corrected chi connectivity index (χ2v) is 4.70. The number of phenols is 1. The number of phenolic OH excluding ortho intramolecular Hbond substituents is 1. The highest BCUT2D eigenvalue weighted by molar-refractivity contribution is 6.42. The van der Waals surface area contributed by atoms with Gasteiger partial charge < -0.3 is 5.11 Å². The van der Waals surface area contributed by atoms with E-state index in [9.17, 15) is 9.90 Å². The van der Waals surface area contributed by atoms with Gasteiger partial charge in [-0.2, -0.15) is 0 Å². The number of aromatic hydroxyl groups is 1. The van der Waals surface area contributed by atoms with Crippen LogP contribution in [-0.2, 0) is 0 Å². The first-order chi connectivity index (χ1) is 9.08. The van der Waals surface area contributed by atoms with Gasteiger partial charge in [-0.05, 0) is 36.4 Å². The number of rotatable bonds is 3. The molecule has 0 bridgehead atoms. The molecule has 0 aliphatic rings. The highest BCUT2D eigenvalue weighted by Crippen LogP contribution is 2.23. The summed E-state index contributed by atoms with van der Waals surface area (Å²) < 4.78 is 0. The minimum absolute atomic E-state index is 0.126. The molecule has 2 aromatic carbocycles. The molecule has 2 rings (SSSR count). The maximum Gasteiger partial charge on any atom is 0.185 e. The molecule has 2 nitrogen and oxygen atoms in total. The largest absolute Gasteiger partial charge is 0.507 e. The monoisotopic (exact) mass is 292 g/mol. The normalized spacial score (nSPS) is 10.8. The topological polar surface area (TPSA) is 37.3 Å². The molecule has 0 heterocycles. The Morgan fingerprint density at radius 1 is 1.05 bits per heavy atom. The Kier molecular flexibility index (Phi) is 4.25. The van der Waals surface area contributed by atoms with Crippen LogP contribution < -0.4 is 0 Å². The average Bonchev–Trinajstić information content (AvgIpc) is 2.40. The van der Waals surface area contributed by atoms with Gasteiger partial charge in [0.1, 0.15) is 5.75 Å². The van der Waals surface area contributed by atoms with Crippen molar-refractivity contribution in [3.05, 3.63) is 69.7 Å². The standard InChI is InChI=1S/C15H10Cl2O2/c16-12-7-5-11(9-13(12)17)15(19)8-6-10-3-1-2-4-14(10)18/h1-9,18H/b8-6+. The lowest BCUT2D eigenvalue weighted by Gasteiger charge is -2.00. The lowest BCUT2D eigenvalue weighted by molar-refractivity contribution is 0.104. The number of hydrogen-bond acceptors (Lipinski definition) is 2. The molecule has 0 radical (unpaired) electrons. The van der Waals surface area contributed by atoms with Crippen molar-refractivity contribution in [3.63, 3.8) is 0 Å². The fraction of sp³-hybridized carbons (Fsp3) is 0. The Labute approximate surface area is 120 Å². The highest BCUT2D eigenvalue weighted by atomic mass is 35.5. The Bertz CT molecular complexity index is 648. The molecular weight excluding hydrogens is 283 g/mol. The SMILES string of the molecule is O=C(/C=C/c1ccccc1O)c1ccc(Cl)c(Cl)c1. The smallest absolute Gasteiger partial charge is 0.185 e. The molecule has 2 aromatic rings. The fourth-order valence-corrected chi connectivity index (χ4v) is 1.84. The number of para-hydroxylation sites is 1. The number of benzene rings is 2. The fourth-order valence-electron chi connectivity index (χ4n) is 1.54. The zero-order valence-corrected chi connectivity index (χ0v) is 11.3.